The maximum absolute atomic E-state index is 11.6. The molecule has 0 atom stereocenters. The van der Waals surface area contributed by atoms with Gasteiger partial charge in [-0.05, 0) is 34.1 Å². The number of carbonyl (C=O) groups is 1. The van der Waals surface area contributed by atoms with Crippen LogP contribution in [-0.4, -0.2) is 47.3 Å². The van der Waals surface area contributed by atoms with Gasteiger partial charge in [-0.25, -0.2) is 0 Å². The maximum Gasteiger partial charge on any atom is 0.160 e. The van der Waals surface area contributed by atoms with Gasteiger partial charge in [-0.1, -0.05) is 0 Å². The SMILES string of the molecule is CC1=C(N2CCN(C(C)(C)C)CC2)CCC1=O. The van der Waals surface area contributed by atoms with E-state index in [-0.39, 0.29) is 5.54 Å². The quantitative estimate of drug-likeness (QED) is 0.696. The van der Waals surface area contributed by atoms with Gasteiger partial charge in [0.05, 0.1) is 0 Å². The van der Waals surface area contributed by atoms with E-state index in [0.717, 1.165) is 44.6 Å². The van der Waals surface area contributed by atoms with Gasteiger partial charge in [0.1, 0.15) is 0 Å². The summed E-state index contributed by atoms with van der Waals surface area (Å²) >= 11 is 0. The van der Waals surface area contributed by atoms with Crippen molar-refractivity contribution in [2.45, 2.75) is 46.1 Å². The second-order valence-electron chi connectivity index (χ2n) is 6.14. The van der Waals surface area contributed by atoms with E-state index in [1.807, 2.05) is 6.92 Å². The number of hydrogen-bond donors (Lipinski definition) is 0. The highest BCUT2D eigenvalue weighted by Gasteiger charge is 2.29. The van der Waals surface area contributed by atoms with Crippen molar-refractivity contribution in [1.82, 2.24) is 9.80 Å². The number of carbonyl (C=O) groups excluding carboxylic acids is 1. The molecule has 3 heteroatoms. The highest BCUT2D eigenvalue weighted by atomic mass is 16.1. The third-order valence-corrected chi connectivity index (χ3v) is 4.05. The average molecular weight is 236 g/mol. The Labute approximate surface area is 104 Å². The van der Waals surface area contributed by atoms with Crippen LogP contribution >= 0.6 is 0 Å². The monoisotopic (exact) mass is 236 g/mol. The molecule has 1 fully saturated rings. The first-order chi connectivity index (χ1) is 7.89. The molecular formula is C14H24N2O. The molecule has 96 valence electrons. The summed E-state index contributed by atoms with van der Waals surface area (Å²) in [6, 6.07) is 0. The molecule has 17 heavy (non-hydrogen) atoms. The number of nitrogens with zero attached hydrogens (tertiary/aromatic N) is 2. The fraction of sp³-hybridized carbons (Fsp3) is 0.786. The van der Waals surface area contributed by atoms with E-state index < -0.39 is 0 Å². The summed E-state index contributed by atoms with van der Waals surface area (Å²) in [7, 11) is 0. The molecule has 1 aliphatic heterocycles. The zero-order chi connectivity index (χ0) is 12.6. The van der Waals surface area contributed by atoms with Crippen LogP contribution in [0.1, 0.15) is 40.5 Å². The van der Waals surface area contributed by atoms with Crippen molar-refractivity contribution in [2.24, 2.45) is 0 Å². The van der Waals surface area contributed by atoms with Crippen LogP contribution in [0.15, 0.2) is 11.3 Å². The van der Waals surface area contributed by atoms with Crippen LogP contribution in [0.5, 0.6) is 0 Å². The third-order valence-electron chi connectivity index (χ3n) is 4.05. The molecule has 3 nitrogen and oxygen atoms in total. The number of rotatable bonds is 1. The lowest BCUT2D eigenvalue weighted by Gasteiger charge is -2.43. The zero-order valence-corrected chi connectivity index (χ0v) is 11.5. The molecule has 2 aliphatic rings. The number of allylic oxidation sites excluding steroid dienone is 2. The Hall–Kier alpha value is -0.830. The Morgan fingerprint density at radius 2 is 1.59 bits per heavy atom. The molecule has 1 aliphatic carbocycles. The molecular weight excluding hydrogens is 212 g/mol. The summed E-state index contributed by atoms with van der Waals surface area (Å²) in [6.45, 7) is 13.1. The number of piperazine rings is 1. The second kappa shape index (κ2) is 4.45. The average Bonchev–Trinajstić information content (AvgIpc) is 2.59. The summed E-state index contributed by atoms with van der Waals surface area (Å²) in [5, 5.41) is 0. The van der Waals surface area contributed by atoms with Crippen LogP contribution in [0.3, 0.4) is 0 Å². The fourth-order valence-electron chi connectivity index (χ4n) is 2.81. The minimum Gasteiger partial charge on any atom is -0.372 e. The van der Waals surface area contributed by atoms with Crippen LogP contribution in [-0.2, 0) is 4.79 Å². The molecule has 1 saturated heterocycles. The lowest BCUT2D eigenvalue weighted by atomic mass is 10.0. The van der Waals surface area contributed by atoms with Crippen molar-refractivity contribution in [1.29, 1.82) is 0 Å². The van der Waals surface area contributed by atoms with Gasteiger partial charge in [0.25, 0.3) is 0 Å². The topological polar surface area (TPSA) is 23.6 Å². The van der Waals surface area contributed by atoms with Gasteiger partial charge in [0, 0.05) is 49.4 Å². The molecule has 0 N–H and O–H groups in total. The highest BCUT2D eigenvalue weighted by molar-refractivity contribution is 5.97. The molecule has 0 aromatic heterocycles. The summed E-state index contributed by atoms with van der Waals surface area (Å²) in [6.07, 6.45) is 1.68. The lowest BCUT2D eigenvalue weighted by molar-refractivity contribution is -0.114. The van der Waals surface area contributed by atoms with Gasteiger partial charge in [0.2, 0.25) is 0 Å². The van der Waals surface area contributed by atoms with Crippen molar-refractivity contribution < 1.29 is 4.79 Å². The highest BCUT2D eigenvalue weighted by Crippen LogP contribution is 2.27. The van der Waals surface area contributed by atoms with Gasteiger partial charge in [-0.15, -0.1) is 0 Å². The summed E-state index contributed by atoms with van der Waals surface area (Å²) < 4.78 is 0. The smallest absolute Gasteiger partial charge is 0.160 e. The number of ketones is 1. The van der Waals surface area contributed by atoms with Crippen molar-refractivity contribution in [3.63, 3.8) is 0 Å². The molecule has 0 aromatic carbocycles. The number of Topliss-reactive ketones (excluding diaryl/α,β-unsaturated/α-hetero) is 1. The number of hydrogen-bond acceptors (Lipinski definition) is 3. The summed E-state index contributed by atoms with van der Waals surface area (Å²) in [5.74, 6) is 0.346. The van der Waals surface area contributed by atoms with Gasteiger partial charge >= 0.3 is 0 Å². The molecule has 0 spiro atoms. The largest absolute Gasteiger partial charge is 0.372 e. The van der Waals surface area contributed by atoms with E-state index >= 15 is 0 Å². The first-order valence-corrected chi connectivity index (χ1v) is 6.62. The van der Waals surface area contributed by atoms with Crippen LogP contribution in [0.4, 0.5) is 0 Å². The Morgan fingerprint density at radius 3 is 2.00 bits per heavy atom. The van der Waals surface area contributed by atoms with E-state index in [0.29, 0.717) is 5.78 Å². The Morgan fingerprint density at radius 1 is 1.00 bits per heavy atom. The van der Waals surface area contributed by atoms with Crippen LogP contribution in [0.25, 0.3) is 0 Å². The third kappa shape index (κ3) is 2.54. The Balaban J connectivity index is 1.99. The van der Waals surface area contributed by atoms with Gasteiger partial charge in [-0.2, -0.15) is 0 Å². The van der Waals surface area contributed by atoms with E-state index in [1.165, 1.54) is 5.70 Å². The Bertz CT molecular complexity index is 344. The summed E-state index contributed by atoms with van der Waals surface area (Å²) in [4.78, 5) is 16.5. The first kappa shape index (κ1) is 12.6. The van der Waals surface area contributed by atoms with E-state index in [2.05, 4.69) is 30.6 Å². The molecule has 0 unspecified atom stereocenters. The normalized spacial score (nSPS) is 23.8. The second-order valence-corrected chi connectivity index (χ2v) is 6.14. The van der Waals surface area contributed by atoms with Crippen molar-refractivity contribution in [2.75, 3.05) is 26.2 Å². The van der Waals surface area contributed by atoms with Crippen molar-refractivity contribution >= 4 is 5.78 Å². The molecule has 0 aromatic rings. The van der Waals surface area contributed by atoms with Gasteiger partial charge in [0.15, 0.2) is 5.78 Å². The predicted molar refractivity (Wildman–Crippen MR) is 69.8 cm³/mol. The van der Waals surface area contributed by atoms with Crippen molar-refractivity contribution in [3.8, 4) is 0 Å². The molecule has 2 rings (SSSR count). The van der Waals surface area contributed by atoms with Gasteiger partial charge < -0.3 is 4.90 Å². The van der Waals surface area contributed by atoms with Crippen LogP contribution in [0.2, 0.25) is 0 Å². The summed E-state index contributed by atoms with van der Waals surface area (Å²) in [5.41, 5.74) is 2.58. The molecule has 1 heterocycles. The molecule has 0 saturated carbocycles. The van der Waals surface area contributed by atoms with E-state index in [1.54, 1.807) is 0 Å². The standard InChI is InChI=1S/C14H24N2O/c1-11-12(5-6-13(11)17)15-7-9-16(10-8-15)14(2,3)4/h5-10H2,1-4H3. The van der Waals surface area contributed by atoms with Crippen LogP contribution in [0, 0.1) is 0 Å². The molecule has 0 bridgehead atoms. The molecule has 0 amide bonds. The Kier molecular flexibility index (Phi) is 3.30. The minimum absolute atomic E-state index is 0.265. The van der Waals surface area contributed by atoms with Crippen LogP contribution < -0.4 is 0 Å². The fourth-order valence-corrected chi connectivity index (χ4v) is 2.81. The van der Waals surface area contributed by atoms with Crippen molar-refractivity contribution in [3.05, 3.63) is 11.3 Å². The maximum atomic E-state index is 11.6. The van der Waals surface area contributed by atoms with E-state index in [9.17, 15) is 4.79 Å². The molecule has 0 radical (unpaired) electrons. The zero-order valence-electron chi connectivity index (χ0n) is 11.5. The first-order valence-electron chi connectivity index (χ1n) is 6.62. The van der Waals surface area contributed by atoms with E-state index in [4.69, 9.17) is 0 Å². The predicted octanol–water partition coefficient (Wildman–Crippen LogP) is 2.04. The minimum atomic E-state index is 0.265. The van der Waals surface area contributed by atoms with Gasteiger partial charge in [-0.3, -0.25) is 9.69 Å². The lowest BCUT2D eigenvalue weighted by Crippen LogP contribution is -2.53.